The highest BCUT2D eigenvalue weighted by Crippen LogP contribution is 2.19. The number of rotatable bonds is 10. The molecule has 1 saturated heterocycles. The lowest BCUT2D eigenvalue weighted by Crippen LogP contribution is -2.40. The second-order valence-corrected chi connectivity index (χ2v) is 8.18. The standard InChI is InChI=1S/C22H37N3O2/c1-5-18(6-2)16-25-11-9-20(10-12-25)27-22-8-7-19(15-24-22)14-23-21(26)13-17(3)4/h7-8,15,17-18,20H,5-6,9-14,16H2,1-4H3,(H,23,26). The quantitative estimate of drug-likeness (QED) is 0.671. The molecule has 1 aliphatic heterocycles. The number of carbonyl (C=O) groups excluding carboxylic acids is 1. The second-order valence-electron chi connectivity index (χ2n) is 8.18. The number of piperidine rings is 1. The molecule has 1 aromatic rings. The van der Waals surface area contributed by atoms with E-state index in [-0.39, 0.29) is 12.0 Å². The number of nitrogens with zero attached hydrogens (tertiary/aromatic N) is 2. The van der Waals surface area contributed by atoms with Crippen molar-refractivity contribution >= 4 is 5.91 Å². The summed E-state index contributed by atoms with van der Waals surface area (Å²) >= 11 is 0. The molecule has 0 saturated carbocycles. The van der Waals surface area contributed by atoms with Crippen LogP contribution in [0.25, 0.3) is 0 Å². The molecule has 0 spiro atoms. The molecule has 152 valence electrons. The first kappa shape index (κ1) is 21.7. The molecule has 0 atom stereocenters. The number of hydrogen-bond donors (Lipinski definition) is 1. The second kappa shape index (κ2) is 11.3. The molecule has 1 aromatic heterocycles. The Morgan fingerprint density at radius 2 is 1.96 bits per heavy atom. The van der Waals surface area contributed by atoms with Gasteiger partial charge in [0.05, 0.1) is 0 Å². The summed E-state index contributed by atoms with van der Waals surface area (Å²) in [6.07, 6.45) is 7.27. The topological polar surface area (TPSA) is 54.5 Å². The van der Waals surface area contributed by atoms with Crippen LogP contribution in [0.2, 0.25) is 0 Å². The summed E-state index contributed by atoms with van der Waals surface area (Å²) in [5.41, 5.74) is 0.999. The highest BCUT2D eigenvalue weighted by molar-refractivity contribution is 5.76. The van der Waals surface area contributed by atoms with E-state index in [2.05, 4.69) is 29.0 Å². The summed E-state index contributed by atoms with van der Waals surface area (Å²) in [5.74, 6) is 1.97. The maximum absolute atomic E-state index is 11.7. The molecule has 5 nitrogen and oxygen atoms in total. The molecular formula is C22H37N3O2. The first-order chi connectivity index (χ1) is 13.0. The van der Waals surface area contributed by atoms with Crippen LogP contribution in [-0.4, -0.2) is 41.5 Å². The fraction of sp³-hybridized carbons (Fsp3) is 0.727. The number of carbonyl (C=O) groups is 1. The van der Waals surface area contributed by atoms with Crippen molar-refractivity contribution in [3.63, 3.8) is 0 Å². The number of hydrogen-bond acceptors (Lipinski definition) is 4. The number of ether oxygens (including phenoxy) is 1. The van der Waals surface area contributed by atoms with Crippen molar-refractivity contribution in [3.8, 4) is 5.88 Å². The fourth-order valence-electron chi connectivity index (χ4n) is 3.52. The van der Waals surface area contributed by atoms with Gasteiger partial charge < -0.3 is 15.0 Å². The first-order valence-electron chi connectivity index (χ1n) is 10.6. The van der Waals surface area contributed by atoms with Crippen LogP contribution < -0.4 is 10.1 Å². The van der Waals surface area contributed by atoms with Crippen LogP contribution in [0.15, 0.2) is 18.3 Å². The normalized spacial score (nSPS) is 16.1. The first-order valence-corrected chi connectivity index (χ1v) is 10.6. The lowest BCUT2D eigenvalue weighted by Gasteiger charge is -2.33. The molecule has 1 fully saturated rings. The monoisotopic (exact) mass is 375 g/mol. The summed E-state index contributed by atoms with van der Waals surface area (Å²) in [7, 11) is 0. The highest BCUT2D eigenvalue weighted by Gasteiger charge is 2.22. The summed E-state index contributed by atoms with van der Waals surface area (Å²) in [6.45, 7) is 12.6. The van der Waals surface area contributed by atoms with Crippen molar-refractivity contribution in [2.75, 3.05) is 19.6 Å². The van der Waals surface area contributed by atoms with Gasteiger partial charge in [-0.3, -0.25) is 4.79 Å². The SMILES string of the molecule is CCC(CC)CN1CCC(Oc2ccc(CNC(=O)CC(C)C)cn2)CC1. The van der Waals surface area contributed by atoms with Gasteiger partial charge in [-0.05, 0) is 30.2 Å². The average Bonchev–Trinajstić information content (AvgIpc) is 2.66. The number of pyridine rings is 1. The van der Waals surface area contributed by atoms with E-state index in [1.165, 1.54) is 19.4 Å². The number of amides is 1. The van der Waals surface area contributed by atoms with Crippen LogP contribution in [-0.2, 0) is 11.3 Å². The zero-order chi connectivity index (χ0) is 19.6. The largest absolute Gasteiger partial charge is 0.474 e. The maximum Gasteiger partial charge on any atom is 0.220 e. The van der Waals surface area contributed by atoms with Gasteiger partial charge in [-0.25, -0.2) is 4.98 Å². The minimum Gasteiger partial charge on any atom is -0.474 e. The van der Waals surface area contributed by atoms with E-state index in [0.29, 0.717) is 24.8 Å². The van der Waals surface area contributed by atoms with Crippen molar-refractivity contribution in [1.29, 1.82) is 0 Å². The van der Waals surface area contributed by atoms with Crippen LogP contribution in [0.3, 0.4) is 0 Å². The Hall–Kier alpha value is -1.62. The zero-order valence-corrected chi connectivity index (χ0v) is 17.5. The molecular weight excluding hydrogens is 338 g/mol. The van der Waals surface area contributed by atoms with Crippen molar-refractivity contribution in [2.45, 2.75) is 72.4 Å². The Balaban J connectivity index is 1.71. The molecule has 27 heavy (non-hydrogen) atoms. The minimum atomic E-state index is 0.0884. The zero-order valence-electron chi connectivity index (χ0n) is 17.5. The van der Waals surface area contributed by atoms with Gasteiger partial charge in [0.15, 0.2) is 0 Å². The Morgan fingerprint density at radius 3 is 2.52 bits per heavy atom. The molecule has 0 aliphatic carbocycles. The number of aromatic nitrogens is 1. The Kier molecular flexibility index (Phi) is 9.05. The maximum atomic E-state index is 11.7. The van der Waals surface area contributed by atoms with E-state index in [1.807, 2.05) is 26.0 Å². The van der Waals surface area contributed by atoms with Crippen LogP contribution in [0.5, 0.6) is 5.88 Å². The van der Waals surface area contributed by atoms with Gasteiger partial charge in [0.2, 0.25) is 11.8 Å². The van der Waals surface area contributed by atoms with Gasteiger partial charge in [0, 0.05) is 44.9 Å². The fourth-order valence-corrected chi connectivity index (χ4v) is 3.52. The molecule has 1 N–H and O–H groups in total. The van der Waals surface area contributed by atoms with E-state index in [0.717, 1.165) is 37.4 Å². The molecule has 2 heterocycles. The van der Waals surface area contributed by atoms with Gasteiger partial charge in [-0.1, -0.05) is 46.6 Å². The summed E-state index contributed by atoms with van der Waals surface area (Å²) in [5, 5.41) is 2.94. The minimum absolute atomic E-state index is 0.0884. The lowest BCUT2D eigenvalue weighted by molar-refractivity contribution is -0.121. The van der Waals surface area contributed by atoms with Crippen LogP contribution in [0, 0.1) is 11.8 Å². The van der Waals surface area contributed by atoms with Gasteiger partial charge in [-0.15, -0.1) is 0 Å². The Morgan fingerprint density at radius 1 is 1.26 bits per heavy atom. The van der Waals surface area contributed by atoms with Gasteiger partial charge in [-0.2, -0.15) is 0 Å². The Labute approximate surface area is 164 Å². The van der Waals surface area contributed by atoms with E-state index >= 15 is 0 Å². The van der Waals surface area contributed by atoms with Crippen molar-refractivity contribution in [3.05, 3.63) is 23.9 Å². The molecule has 0 bridgehead atoms. The third-order valence-corrected chi connectivity index (χ3v) is 5.37. The van der Waals surface area contributed by atoms with Gasteiger partial charge in [0.1, 0.15) is 6.10 Å². The van der Waals surface area contributed by atoms with Crippen molar-refractivity contribution in [2.24, 2.45) is 11.8 Å². The van der Waals surface area contributed by atoms with Gasteiger partial charge >= 0.3 is 0 Å². The van der Waals surface area contributed by atoms with Crippen molar-refractivity contribution in [1.82, 2.24) is 15.2 Å². The predicted octanol–water partition coefficient (Wildman–Crippen LogP) is 4.02. The van der Waals surface area contributed by atoms with E-state index < -0.39 is 0 Å². The van der Waals surface area contributed by atoms with Gasteiger partial charge in [0.25, 0.3) is 0 Å². The van der Waals surface area contributed by atoms with E-state index in [4.69, 9.17) is 4.74 Å². The third-order valence-electron chi connectivity index (χ3n) is 5.37. The third kappa shape index (κ3) is 7.87. The molecule has 0 unspecified atom stereocenters. The number of likely N-dealkylation sites (tertiary alicyclic amines) is 1. The average molecular weight is 376 g/mol. The molecule has 5 heteroatoms. The molecule has 1 amide bonds. The molecule has 0 aromatic carbocycles. The van der Waals surface area contributed by atoms with Crippen LogP contribution in [0.1, 0.15) is 65.4 Å². The molecule has 2 rings (SSSR count). The molecule has 0 radical (unpaired) electrons. The lowest BCUT2D eigenvalue weighted by atomic mass is 10.0. The predicted molar refractivity (Wildman–Crippen MR) is 110 cm³/mol. The molecule has 1 aliphatic rings. The van der Waals surface area contributed by atoms with Crippen LogP contribution in [0.4, 0.5) is 0 Å². The number of nitrogens with one attached hydrogen (secondary N) is 1. The highest BCUT2D eigenvalue weighted by atomic mass is 16.5. The van der Waals surface area contributed by atoms with E-state index in [9.17, 15) is 4.79 Å². The summed E-state index contributed by atoms with van der Waals surface area (Å²) < 4.78 is 6.07. The smallest absolute Gasteiger partial charge is 0.220 e. The summed E-state index contributed by atoms with van der Waals surface area (Å²) in [6, 6.07) is 3.90. The van der Waals surface area contributed by atoms with Crippen LogP contribution >= 0.6 is 0 Å². The van der Waals surface area contributed by atoms with Crippen molar-refractivity contribution < 1.29 is 9.53 Å². The van der Waals surface area contributed by atoms with E-state index in [1.54, 1.807) is 6.20 Å². The summed E-state index contributed by atoms with van der Waals surface area (Å²) in [4.78, 5) is 18.7. The Bertz CT molecular complexity index is 547.